The second kappa shape index (κ2) is 6.47. The molecule has 0 aliphatic rings. The van der Waals surface area contributed by atoms with Crippen LogP contribution in [0.5, 0.6) is 11.5 Å². The number of benzene rings is 2. The number of carbonyl (C=O) groups excluding carboxylic acids is 1. The van der Waals surface area contributed by atoms with E-state index in [1.807, 2.05) is 18.2 Å². The molecule has 0 N–H and O–H groups in total. The highest BCUT2D eigenvalue weighted by molar-refractivity contribution is 5.55. The number of ether oxygens (including phenoxy) is 1. The summed E-state index contributed by atoms with van der Waals surface area (Å²) >= 11 is 0. The molecule has 0 saturated heterocycles. The Bertz CT molecular complexity index is 611. The third kappa shape index (κ3) is 3.20. The van der Waals surface area contributed by atoms with Crippen molar-refractivity contribution in [3.05, 3.63) is 64.2 Å². The smallest absolute Gasteiger partial charge is 0.276 e. The van der Waals surface area contributed by atoms with E-state index in [0.29, 0.717) is 17.1 Å². The largest absolute Gasteiger partial charge is 0.457 e. The summed E-state index contributed by atoms with van der Waals surface area (Å²) in [6.07, 6.45) is 1.24. The summed E-state index contributed by atoms with van der Waals surface area (Å²) in [7, 11) is 0. The van der Waals surface area contributed by atoms with Crippen LogP contribution < -0.4 is 4.74 Å². The van der Waals surface area contributed by atoms with Gasteiger partial charge in [-0.25, -0.2) is 0 Å². The van der Waals surface area contributed by atoms with Crippen LogP contribution in [0, 0.1) is 10.1 Å². The fourth-order valence-corrected chi connectivity index (χ4v) is 1.89. The van der Waals surface area contributed by atoms with Gasteiger partial charge in [-0.3, -0.25) is 10.1 Å². The quantitative estimate of drug-likeness (QED) is 0.458. The van der Waals surface area contributed by atoms with Gasteiger partial charge in [0.25, 0.3) is 5.69 Å². The Balaban J connectivity index is 2.38. The lowest BCUT2D eigenvalue weighted by molar-refractivity contribution is -0.385. The molecule has 0 bridgehead atoms. The molecule has 0 aromatic heterocycles. The maximum absolute atomic E-state index is 11.1. The molecule has 0 heterocycles. The van der Waals surface area contributed by atoms with Crippen LogP contribution in [0.25, 0.3) is 0 Å². The van der Waals surface area contributed by atoms with Crippen molar-refractivity contribution in [2.45, 2.75) is 12.8 Å². The van der Waals surface area contributed by atoms with E-state index in [4.69, 9.17) is 4.74 Å². The molecule has 2 rings (SSSR count). The number of nitro benzene ring substituents is 1. The van der Waals surface area contributed by atoms with E-state index < -0.39 is 4.92 Å². The van der Waals surface area contributed by atoms with E-state index in [-0.39, 0.29) is 18.5 Å². The van der Waals surface area contributed by atoms with Crippen LogP contribution in [0.1, 0.15) is 12.0 Å². The van der Waals surface area contributed by atoms with Gasteiger partial charge in [-0.15, -0.1) is 0 Å². The van der Waals surface area contributed by atoms with Gasteiger partial charge >= 0.3 is 0 Å². The van der Waals surface area contributed by atoms with Crippen LogP contribution in [0.3, 0.4) is 0 Å². The molecule has 0 aliphatic heterocycles. The summed E-state index contributed by atoms with van der Waals surface area (Å²) in [6, 6.07) is 13.7. The van der Waals surface area contributed by atoms with Crippen molar-refractivity contribution >= 4 is 12.0 Å². The highest BCUT2D eigenvalue weighted by atomic mass is 16.6. The van der Waals surface area contributed by atoms with Gasteiger partial charge in [0.2, 0.25) is 0 Å². The van der Waals surface area contributed by atoms with E-state index >= 15 is 0 Å². The zero-order valence-corrected chi connectivity index (χ0v) is 10.7. The molecule has 0 atom stereocenters. The standard InChI is InChI=1S/C15H13NO4/c17-11-5-8-13-14(16(18)19)9-4-10-15(13)20-12-6-2-1-3-7-12/h1-4,6-7,9-11H,5,8H2. The second-order valence-electron chi connectivity index (χ2n) is 4.13. The van der Waals surface area contributed by atoms with Gasteiger partial charge in [0.05, 0.1) is 10.5 Å². The van der Waals surface area contributed by atoms with Crippen LogP contribution in [0.2, 0.25) is 0 Å². The first-order chi connectivity index (χ1) is 9.72. The van der Waals surface area contributed by atoms with E-state index in [1.54, 1.807) is 24.3 Å². The van der Waals surface area contributed by atoms with Crippen molar-refractivity contribution in [1.29, 1.82) is 0 Å². The predicted molar refractivity (Wildman–Crippen MR) is 74.0 cm³/mol. The molecular formula is C15H13NO4. The minimum Gasteiger partial charge on any atom is -0.457 e. The molecule has 0 fully saturated rings. The van der Waals surface area contributed by atoms with E-state index in [9.17, 15) is 14.9 Å². The SMILES string of the molecule is O=CCCc1c(Oc2ccccc2)cccc1[N+](=O)[O-]. The molecule has 5 nitrogen and oxygen atoms in total. The minimum atomic E-state index is -0.460. The number of carbonyl (C=O) groups is 1. The van der Waals surface area contributed by atoms with Crippen LogP contribution in [-0.4, -0.2) is 11.2 Å². The summed E-state index contributed by atoms with van der Waals surface area (Å²) in [5.41, 5.74) is 0.411. The van der Waals surface area contributed by atoms with Crippen molar-refractivity contribution < 1.29 is 14.5 Å². The molecular weight excluding hydrogens is 258 g/mol. The van der Waals surface area contributed by atoms with Crippen molar-refractivity contribution in [2.75, 3.05) is 0 Å². The lowest BCUT2D eigenvalue weighted by Gasteiger charge is -2.10. The van der Waals surface area contributed by atoms with Gasteiger partial charge in [0.1, 0.15) is 17.8 Å². The number of hydrogen-bond donors (Lipinski definition) is 0. The normalized spacial score (nSPS) is 10.0. The summed E-state index contributed by atoms with van der Waals surface area (Å²) in [4.78, 5) is 21.1. The monoisotopic (exact) mass is 271 g/mol. The van der Waals surface area contributed by atoms with Gasteiger partial charge in [-0.05, 0) is 24.6 Å². The first-order valence-electron chi connectivity index (χ1n) is 6.15. The second-order valence-corrected chi connectivity index (χ2v) is 4.13. The molecule has 2 aromatic carbocycles. The topological polar surface area (TPSA) is 69.4 Å². The highest BCUT2D eigenvalue weighted by Gasteiger charge is 2.18. The van der Waals surface area contributed by atoms with E-state index in [1.165, 1.54) is 6.07 Å². The maximum atomic E-state index is 11.1. The fourth-order valence-electron chi connectivity index (χ4n) is 1.89. The Morgan fingerprint density at radius 2 is 1.85 bits per heavy atom. The molecule has 0 spiro atoms. The summed E-state index contributed by atoms with van der Waals surface area (Å²) in [5.74, 6) is 1.01. The van der Waals surface area contributed by atoms with Crippen molar-refractivity contribution in [3.8, 4) is 11.5 Å². The Kier molecular flexibility index (Phi) is 4.44. The first kappa shape index (κ1) is 13.7. The molecule has 0 amide bonds. The molecule has 20 heavy (non-hydrogen) atoms. The summed E-state index contributed by atoms with van der Waals surface area (Å²) in [5, 5.41) is 11.1. The zero-order chi connectivity index (χ0) is 14.4. The number of aldehydes is 1. The molecule has 0 aliphatic carbocycles. The summed E-state index contributed by atoms with van der Waals surface area (Å²) < 4.78 is 5.68. The Labute approximate surface area is 116 Å². The Hall–Kier alpha value is -2.69. The van der Waals surface area contributed by atoms with Crippen LogP contribution >= 0.6 is 0 Å². The van der Waals surface area contributed by atoms with E-state index in [0.717, 1.165) is 6.29 Å². The average molecular weight is 271 g/mol. The van der Waals surface area contributed by atoms with Gasteiger partial charge in [-0.1, -0.05) is 24.3 Å². The molecule has 0 radical (unpaired) electrons. The number of nitro groups is 1. The maximum Gasteiger partial charge on any atom is 0.276 e. The van der Waals surface area contributed by atoms with Gasteiger partial charge < -0.3 is 9.53 Å². The van der Waals surface area contributed by atoms with Crippen molar-refractivity contribution in [2.24, 2.45) is 0 Å². The third-order valence-corrected chi connectivity index (χ3v) is 2.79. The molecule has 102 valence electrons. The van der Waals surface area contributed by atoms with Crippen molar-refractivity contribution in [3.63, 3.8) is 0 Å². The van der Waals surface area contributed by atoms with Crippen molar-refractivity contribution in [1.82, 2.24) is 0 Å². The summed E-state index contributed by atoms with van der Waals surface area (Å²) in [6.45, 7) is 0. The van der Waals surface area contributed by atoms with Gasteiger partial charge in [-0.2, -0.15) is 0 Å². The molecule has 0 saturated carbocycles. The molecule has 5 heteroatoms. The molecule has 2 aromatic rings. The Morgan fingerprint density at radius 3 is 2.50 bits per heavy atom. The average Bonchev–Trinajstić information content (AvgIpc) is 2.46. The van der Waals surface area contributed by atoms with Crippen LogP contribution in [-0.2, 0) is 11.2 Å². The Morgan fingerprint density at radius 1 is 1.10 bits per heavy atom. The number of para-hydroxylation sites is 1. The number of rotatable bonds is 6. The first-order valence-corrected chi connectivity index (χ1v) is 6.15. The molecule has 0 unspecified atom stereocenters. The number of nitrogens with zero attached hydrogens (tertiary/aromatic N) is 1. The lowest BCUT2D eigenvalue weighted by atomic mass is 10.1. The number of hydrogen-bond acceptors (Lipinski definition) is 4. The third-order valence-electron chi connectivity index (χ3n) is 2.79. The highest BCUT2D eigenvalue weighted by Crippen LogP contribution is 2.32. The van der Waals surface area contributed by atoms with Crippen LogP contribution in [0.15, 0.2) is 48.5 Å². The predicted octanol–water partition coefficient (Wildman–Crippen LogP) is 3.52. The van der Waals surface area contributed by atoms with Gasteiger partial charge in [0.15, 0.2) is 0 Å². The van der Waals surface area contributed by atoms with Gasteiger partial charge in [0, 0.05) is 12.5 Å². The van der Waals surface area contributed by atoms with Crippen LogP contribution in [0.4, 0.5) is 5.69 Å². The lowest BCUT2D eigenvalue weighted by Crippen LogP contribution is -1.99. The minimum absolute atomic E-state index is 0.0275. The van der Waals surface area contributed by atoms with E-state index in [2.05, 4.69) is 0 Å². The fraction of sp³-hybridized carbons (Fsp3) is 0.133. The zero-order valence-electron chi connectivity index (χ0n) is 10.7.